The van der Waals surface area contributed by atoms with Gasteiger partial charge in [-0.2, -0.15) is 0 Å². The maximum atomic E-state index is 11.7. The van der Waals surface area contributed by atoms with Gasteiger partial charge in [0.2, 0.25) is 0 Å². The Labute approximate surface area is 118 Å². The zero-order chi connectivity index (χ0) is 15.3. The Balaban J connectivity index is 3.28. The normalized spacial score (nSPS) is 13.9. The third-order valence-corrected chi connectivity index (χ3v) is 3.74. The van der Waals surface area contributed by atoms with Gasteiger partial charge in [-0.05, 0) is 5.92 Å². The van der Waals surface area contributed by atoms with Gasteiger partial charge in [0.1, 0.15) is 0 Å². The zero-order valence-corrected chi connectivity index (χ0v) is 12.3. The number of carboxylic acid groups (broad SMARTS) is 1. The molecule has 0 saturated heterocycles. The van der Waals surface area contributed by atoms with E-state index in [1.54, 1.807) is 12.3 Å². The number of aromatic nitrogens is 1. The Morgan fingerprint density at radius 3 is 2.50 bits per heavy atom. The van der Waals surface area contributed by atoms with Crippen LogP contribution in [0.5, 0.6) is 11.5 Å². The molecule has 1 aromatic rings. The van der Waals surface area contributed by atoms with Crippen molar-refractivity contribution in [3.63, 3.8) is 0 Å². The van der Waals surface area contributed by atoms with Gasteiger partial charge in [-0.25, -0.2) is 0 Å². The molecule has 1 aromatic heterocycles. The lowest BCUT2D eigenvalue weighted by Crippen LogP contribution is -2.45. The van der Waals surface area contributed by atoms with Crippen LogP contribution in [0.1, 0.15) is 19.5 Å². The van der Waals surface area contributed by atoms with Crippen molar-refractivity contribution < 1.29 is 19.4 Å². The molecule has 0 radical (unpaired) electrons. The van der Waals surface area contributed by atoms with Crippen molar-refractivity contribution in [1.82, 2.24) is 4.98 Å². The second kappa shape index (κ2) is 6.56. The van der Waals surface area contributed by atoms with Crippen LogP contribution in [-0.4, -0.2) is 36.8 Å². The molecule has 20 heavy (non-hydrogen) atoms. The van der Waals surface area contributed by atoms with Crippen LogP contribution in [0.4, 0.5) is 0 Å². The molecule has 0 aliphatic heterocycles. The summed E-state index contributed by atoms with van der Waals surface area (Å²) >= 11 is 0. The van der Waals surface area contributed by atoms with Gasteiger partial charge in [0, 0.05) is 25.2 Å². The van der Waals surface area contributed by atoms with Crippen LogP contribution >= 0.6 is 0 Å². The van der Waals surface area contributed by atoms with Crippen molar-refractivity contribution in [2.75, 3.05) is 20.8 Å². The van der Waals surface area contributed by atoms with Crippen molar-refractivity contribution in [2.45, 2.75) is 20.3 Å². The molecule has 1 heterocycles. The van der Waals surface area contributed by atoms with Crippen LogP contribution < -0.4 is 15.2 Å². The van der Waals surface area contributed by atoms with Crippen molar-refractivity contribution in [3.8, 4) is 11.5 Å². The van der Waals surface area contributed by atoms with Crippen LogP contribution in [-0.2, 0) is 11.2 Å². The third-order valence-electron chi connectivity index (χ3n) is 3.74. The van der Waals surface area contributed by atoms with E-state index in [9.17, 15) is 9.90 Å². The summed E-state index contributed by atoms with van der Waals surface area (Å²) in [7, 11) is 3.03. The highest BCUT2D eigenvalue weighted by Crippen LogP contribution is 2.37. The standard InChI is InChI=1S/C14H22N2O4/c1-9(2)14(8-15,13(17)18)7-10-12(20-4)11(19-3)5-6-16-10/h5-6,9H,7-8,15H2,1-4H3,(H,17,18). The van der Waals surface area contributed by atoms with E-state index in [0.717, 1.165) is 0 Å². The predicted molar refractivity (Wildman–Crippen MR) is 75.0 cm³/mol. The van der Waals surface area contributed by atoms with E-state index in [4.69, 9.17) is 15.2 Å². The Kier molecular flexibility index (Phi) is 5.33. The average Bonchev–Trinajstić information content (AvgIpc) is 2.43. The van der Waals surface area contributed by atoms with E-state index in [1.165, 1.54) is 14.2 Å². The van der Waals surface area contributed by atoms with Gasteiger partial charge in [-0.15, -0.1) is 0 Å². The highest BCUT2D eigenvalue weighted by molar-refractivity contribution is 5.76. The quantitative estimate of drug-likeness (QED) is 0.783. The molecule has 0 aliphatic carbocycles. The fourth-order valence-corrected chi connectivity index (χ4v) is 2.20. The lowest BCUT2D eigenvalue weighted by atomic mass is 9.73. The Bertz CT molecular complexity index is 476. The first kappa shape index (κ1) is 16.2. The molecule has 3 N–H and O–H groups in total. The predicted octanol–water partition coefficient (Wildman–Crippen LogP) is 1.33. The van der Waals surface area contributed by atoms with Gasteiger partial charge in [-0.3, -0.25) is 9.78 Å². The number of methoxy groups -OCH3 is 2. The number of carbonyl (C=O) groups is 1. The number of nitrogens with two attached hydrogens (primary N) is 1. The van der Waals surface area contributed by atoms with Crippen molar-refractivity contribution in [3.05, 3.63) is 18.0 Å². The summed E-state index contributed by atoms with van der Waals surface area (Å²) in [4.78, 5) is 15.9. The average molecular weight is 282 g/mol. The van der Waals surface area contributed by atoms with E-state index in [0.29, 0.717) is 17.2 Å². The summed E-state index contributed by atoms with van der Waals surface area (Å²) in [6, 6.07) is 1.67. The molecule has 0 bridgehead atoms. The molecule has 0 aliphatic rings. The van der Waals surface area contributed by atoms with Gasteiger partial charge in [0.25, 0.3) is 0 Å². The molecule has 112 valence electrons. The first-order chi connectivity index (χ1) is 9.42. The summed E-state index contributed by atoms with van der Waals surface area (Å²) in [6.07, 6.45) is 1.76. The first-order valence-electron chi connectivity index (χ1n) is 6.42. The minimum atomic E-state index is -1.08. The lowest BCUT2D eigenvalue weighted by Gasteiger charge is -2.32. The topological polar surface area (TPSA) is 94.7 Å². The molecule has 1 unspecified atom stereocenters. The van der Waals surface area contributed by atoms with Gasteiger partial charge < -0.3 is 20.3 Å². The summed E-state index contributed by atoms with van der Waals surface area (Å²) < 4.78 is 10.5. The van der Waals surface area contributed by atoms with Crippen LogP contribution in [0, 0.1) is 11.3 Å². The largest absolute Gasteiger partial charge is 0.493 e. The minimum absolute atomic E-state index is 0.0298. The summed E-state index contributed by atoms with van der Waals surface area (Å²) in [6.45, 7) is 3.71. The molecule has 0 fully saturated rings. The maximum absolute atomic E-state index is 11.7. The molecule has 1 atom stereocenters. The molecule has 0 spiro atoms. The second-order valence-corrected chi connectivity index (χ2v) is 4.99. The molecule has 0 aromatic carbocycles. The highest BCUT2D eigenvalue weighted by Gasteiger charge is 2.42. The Hall–Kier alpha value is -1.82. The van der Waals surface area contributed by atoms with Gasteiger partial charge >= 0.3 is 5.97 Å². The minimum Gasteiger partial charge on any atom is -0.493 e. The number of aliphatic carboxylic acids is 1. The monoisotopic (exact) mass is 282 g/mol. The lowest BCUT2D eigenvalue weighted by molar-refractivity contribution is -0.151. The van der Waals surface area contributed by atoms with E-state index < -0.39 is 11.4 Å². The van der Waals surface area contributed by atoms with Crippen LogP contribution in [0.25, 0.3) is 0 Å². The SMILES string of the molecule is COc1ccnc(CC(CN)(C(=O)O)C(C)C)c1OC. The van der Waals surface area contributed by atoms with E-state index >= 15 is 0 Å². The van der Waals surface area contributed by atoms with Crippen LogP contribution in [0.15, 0.2) is 12.3 Å². The number of ether oxygens (including phenoxy) is 2. The Morgan fingerprint density at radius 1 is 1.45 bits per heavy atom. The highest BCUT2D eigenvalue weighted by atomic mass is 16.5. The zero-order valence-electron chi connectivity index (χ0n) is 12.3. The number of hydrogen-bond acceptors (Lipinski definition) is 5. The van der Waals surface area contributed by atoms with Gasteiger partial charge in [0.15, 0.2) is 11.5 Å². The van der Waals surface area contributed by atoms with E-state index in [2.05, 4.69) is 4.98 Å². The van der Waals surface area contributed by atoms with Gasteiger partial charge in [0.05, 0.1) is 25.3 Å². The molecule has 1 rings (SSSR count). The molecular formula is C14H22N2O4. The number of carboxylic acids is 1. The van der Waals surface area contributed by atoms with Crippen molar-refractivity contribution in [1.29, 1.82) is 0 Å². The first-order valence-corrected chi connectivity index (χ1v) is 6.42. The van der Waals surface area contributed by atoms with Crippen molar-refractivity contribution in [2.24, 2.45) is 17.1 Å². The number of hydrogen-bond donors (Lipinski definition) is 2. The number of nitrogens with zero attached hydrogens (tertiary/aromatic N) is 1. The fourth-order valence-electron chi connectivity index (χ4n) is 2.20. The summed E-state index contributed by atoms with van der Waals surface area (Å²) in [5.74, 6) is -0.0864. The maximum Gasteiger partial charge on any atom is 0.311 e. The fraction of sp³-hybridized carbons (Fsp3) is 0.571. The van der Waals surface area contributed by atoms with E-state index in [1.807, 2.05) is 13.8 Å². The van der Waals surface area contributed by atoms with Crippen LogP contribution in [0.2, 0.25) is 0 Å². The van der Waals surface area contributed by atoms with Gasteiger partial charge in [-0.1, -0.05) is 13.8 Å². The molecule has 6 heteroatoms. The van der Waals surface area contributed by atoms with E-state index in [-0.39, 0.29) is 18.9 Å². The molecular weight excluding hydrogens is 260 g/mol. The number of pyridine rings is 1. The Morgan fingerprint density at radius 2 is 2.10 bits per heavy atom. The molecule has 6 nitrogen and oxygen atoms in total. The summed E-state index contributed by atoms with van der Waals surface area (Å²) in [5.41, 5.74) is 5.20. The van der Waals surface area contributed by atoms with Crippen LogP contribution in [0.3, 0.4) is 0 Å². The van der Waals surface area contributed by atoms with Crippen molar-refractivity contribution >= 4 is 5.97 Å². The second-order valence-electron chi connectivity index (χ2n) is 4.99. The summed E-state index contributed by atoms with van der Waals surface area (Å²) in [5, 5.41) is 9.57. The molecule has 0 saturated carbocycles. The molecule has 0 amide bonds. The third kappa shape index (κ3) is 2.85. The smallest absolute Gasteiger partial charge is 0.311 e. The number of rotatable bonds is 7.